The summed E-state index contributed by atoms with van der Waals surface area (Å²) in [6.45, 7) is 14.9. The van der Waals surface area contributed by atoms with Crippen molar-refractivity contribution < 1.29 is 38.9 Å². The summed E-state index contributed by atoms with van der Waals surface area (Å²) in [5, 5.41) is 32.7. The van der Waals surface area contributed by atoms with Gasteiger partial charge in [-0.15, -0.1) is 17.9 Å². The van der Waals surface area contributed by atoms with Gasteiger partial charge < -0.3 is 40.5 Å². The van der Waals surface area contributed by atoms with E-state index in [0.29, 0.717) is 33.6 Å². The Hall–Kier alpha value is -4.92. The fourth-order valence-corrected chi connectivity index (χ4v) is 8.17. The Balaban J connectivity index is 1.33. The number of nitrogens with one attached hydrogen (secondary N) is 3. The number of amides is 3. The van der Waals surface area contributed by atoms with E-state index < -0.39 is 58.9 Å². The number of thiazole rings is 1. The van der Waals surface area contributed by atoms with Crippen LogP contribution in [0.1, 0.15) is 78.7 Å². The Morgan fingerprint density at radius 3 is 2.46 bits per heavy atom. The van der Waals surface area contributed by atoms with Gasteiger partial charge in [0.2, 0.25) is 11.8 Å². The normalized spacial score (nSPS) is 23.2. The first-order valence-corrected chi connectivity index (χ1v) is 19.4. The number of anilines is 1. The molecule has 0 spiro atoms. The molecule has 1 aliphatic heterocycles. The number of pyridine rings is 1. The van der Waals surface area contributed by atoms with E-state index in [9.17, 15) is 29.4 Å². The molecule has 3 heterocycles. The molecule has 0 radical (unpaired) electrons. The summed E-state index contributed by atoms with van der Waals surface area (Å²) in [5.74, 6) is -2.34. The molecule has 1 saturated heterocycles. The number of fused-ring (bicyclic) bond motifs is 1. The predicted octanol–water partition coefficient (Wildman–Crippen LogP) is 5.77. The molecule has 2 aliphatic carbocycles. The number of carboxylic acid groups (broad SMARTS) is 1. The number of nitrogens with zero attached hydrogens (tertiary/aromatic N) is 3. The average molecular weight is 763 g/mol. The zero-order valence-corrected chi connectivity index (χ0v) is 32.4. The van der Waals surface area contributed by atoms with E-state index in [4.69, 9.17) is 19.4 Å². The van der Waals surface area contributed by atoms with E-state index in [1.54, 1.807) is 25.1 Å². The van der Waals surface area contributed by atoms with Crippen LogP contribution in [-0.4, -0.2) is 91.4 Å². The average Bonchev–Trinajstić information content (AvgIpc) is 3.51. The van der Waals surface area contributed by atoms with Crippen molar-refractivity contribution in [3.05, 3.63) is 41.8 Å². The van der Waals surface area contributed by atoms with Crippen LogP contribution in [0.4, 0.5) is 9.93 Å². The molecule has 14 nitrogen and oxygen atoms in total. The maximum absolute atomic E-state index is 14.6. The number of hydrogen-bond donors (Lipinski definition) is 5. The first-order chi connectivity index (χ1) is 25.5. The van der Waals surface area contributed by atoms with Crippen molar-refractivity contribution in [2.24, 2.45) is 11.3 Å². The molecule has 5 N–H and O–H groups in total. The van der Waals surface area contributed by atoms with E-state index in [0.717, 1.165) is 30.8 Å². The first-order valence-electron chi connectivity index (χ1n) is 18.5. The molecule has 6 rings (SSSR count). The number of aromatic nitrogens is 2. The number of phenolic OH excluding ortho intramolecular Hbond substituents is 1. The molecule has 5 atom stereocenters. The third kappa shape index (κ3) is 7.96. The van der Waals surface area contributed by atoms with Crippen LogP contribution in [-0.2, 0) is 19.1 Å². The van der Waals surface area contributed by atoms with Crippen molar-refractivity contribution >= 4 is 51.2 Å². The van der Waals surface area contributed by atoms with Crippen molar-refractivity contribution in [1.82, 2.24) is 25.5 Å². The van der Waals surface area contributed by atoms with Crippen molar-refractivity contribution in [2.75, 3.05) is 11.9 Å². The van der Waals surface area contributed by atoms with E-state index in [2.05, 4.69) is 22.5 Å². The Morgan fingerprint density at radius 2 is 1.83 bits per heavy atom. The van der Waals surface area contributed by atoms with Gasteiger partial charge in [-0.3, -0.25) is 9.59 Å². The minimum absolute atomic E-state index is 0.0325. The number of aromatic hydroxyl groups is 1. The van der Waals surface area contributed by atoms with Gasteiger partial charge >= 0.3 is 12.1 Å². The number of carboxylic acids is 1. The Bertz CT molecular complexity index is 1950. The van der Waals surface area contributed by atoms with Crippen molar-refractivity contribution in [3.63, 3.8) is 0 Å². The highest BCUT2D eigenvalue weighted by molar-refractivity contribution is 7.14. The molecule has 3 fully saturated rings. The maximum atomic E-state index is 14.6. The summed E-state index contributed by atoms with van der Waals surface area (Å²) in [6.07, 6.45) is 3.50. The highest BCUT2D eigenvalue weighted by Gasteiger charge is 2.61. The molecule has 3 aromatic rings. The van der Waals surface area contributed by atoms with E-state index in [1.807, 2.05) is 40.0 Å². The van der Waals surface area contributed by atoms with E-state index in [1.165, 1.54) is 22.3 Å². The molecule has 2 aromatic heterocycles. The summed E-state index contributed by atoms with van der Waals surface area (Å²) in [6, 6.07) is 2.98. The molecule has 3 amide bonds. The van der Waals surface area contributed by atoms with Crippen molar-refractivity contribution in [1.29, 1.82) is 0 Å². The number of benzene rings is 1. The number of likely N-dealkylation sites (tertiary alicyclic amines) is 1. The minimum Gasteiger partial charge on any atom is -0.508 e. The standard InChI is InChI=1S/C39H50N6O8S/c1-8-22-17-39(22,35(49)50)44-33(47)28-15-24(18-45(28)34(48)32(38(5,6)7)43-37(51)53-23-11-9-10-12-23)52-30-16-26(27-19-54-36(42-27)40-20(2)3)41-31-21(4)29(46)14-13-25(30)31/h8,13-14,16,19-20,22-24,28,32,46H,1,9-12,15,17-18H2,2-7H3,(H,40,42)(H,43,51)(H,44,47)(H,49,50)/t22-,24-,28+,32-,39-/m1/s1. The lowest BCUT2D eigenvalue weighted by atomic mass is 9.85. The van der Waals surface area contributed by atoms with Gasteiger partial charge in [0.05, 0.1) is 17.8 Å². The van der Waals surface area contributed by atoms with Crippen molar-refractivity contribution in [2.45, 2.75) is 116 Å². The number of hydrogen-bond acceptors (Lipinski definition) is 11. The van der Waals surface area contributed by atoms with Crippen molar-refractivity contribution in [3.8, 4) is 22.9 Å². The van der Waals surface area contributed by atoms with Crippen LogP contribution in [0.15, 0.2) is 36.2 Å². The molecule has 0 unspecified atom stereocenters. The number of carbonyl (C=O) groups excluding carboxylic acids is 3. The minimum atomic E-state index is -1.52. The lowest BCUT2D eigenvalue weighted by Crippen LogP contribution is -2.59. The van der Waals surface area contributed by atoms with Crippen LogP contribution >= 0.6 is 11.3 Å². The summed E-state index contributed by atoms with van der Waals surface area (Å²) < 4.78 is 12.3. The van der Waals surface area contributed by atoms with Gasteiger partial charge in [0.25, 0.3) is 0 Å². The number of carbonyl (C=O) groups is 4. The van der Waals surface area contributed by atoms with Crippen LogP contribution in [0.2, 0.25) is 0 Å². The number of aryl methyl sites for hydroxylation is 1. The molecule has 15 heteroatoms. The number of aliphatic carboxylic acids is 1. The van der Waals surface area contributed by atoms with Gasteiger partial charge in [-0.25, -0.2) is 19.6 Å². The molecule has 54 heavy (non-hydrogen) atoms. The Morgan fingerprint density at radius 1 is 1.11 bits per heavy atom. The van der Waals surface area contributed by atoms with E-state index >= 15 is 0 Å². The topological polar surface area (TPSA) is 192 Å². The monoisotopic (exact) mass is 762 g/mol. The maximum Gasteiger partial charge on any atom is 0.408 e. The summed E-state index contributed by atoms with van der Waals surface area (Å²) in [4.78, 5) is 65.0. The van der Waals surface area contributed by atoms with Crippen LogP contribution in [0, 0.1) is 18.3 Å². The smallest absolute Gasteiger partial charge is 0.408 e. The second kappa shape index (κ2) is 15.1. The lowest BCUT2D eigenvalue weighted by Gasteiger charge is -2.35. The zero-order valence-electron chi connectivity index (χ0n) is 31.6. The highest BCUT2D eigenvalue weighted by atomic mass is 32.1. The summed E-state index contributed by atoms with van der Waals surface area (Å²) >= 11 is 1.43. The third-order valence-electron chi connectivity index (χ3n) is 10.5. The Kier molecular flexibility index (Phi) is 10.8. The number of rotatable bonds is 12. The molecule has 290 valence electrons. The largest absolute Gasteiger partial charge is 0.508 e. The third-order valence-corrected chi connectivity index (χ3v) is 11.2. The number of phenols is 1. The number of ether oxygens (including phenoxy) is 2. The molecule has 2 saturated carbocycles. The van der Waals surface area contributed by atoms with Crippen LogP contribution in [0.3, 0.4) is 0 Å². The molecule has 1 aromatic carbocycles. The quantitative estimate of drug-likeness (QED) is 0.141. The van der Waals surface area contributed by atoms with E-state index in [-0.39, 0.29) is 37.3 Å². The highest BCUT2D eigenvalue weighted by Crippen LogP contribution is 2.45. The Labute approximate surface area is 318 Å². The van der Waals surface area contributed by atoms with Gasteiger partial charge in [0.15, 0.2) is 5.13 Å². The van der Waals surface area contributed by atoms with Gasteiger partial charge in [-0.2, -0.15) is 0 Å². The molecule has 0 bridgehead atoms. The second-order valence-corrected chi connectivity index (χ2v) is 16.9. The fourth-order valence-electron chi connectivity index (χ4n) is 7.32. The molecular weight excluding hydrogens is 713 g/mol. The van der Waals surface area contributed by atoms with Gasteiger partial charge in [-0.1, -0.05) is 26.8 Å². The predicted molar refractivity (Wildman–Crippen MR) is 204 cm³/mol. The first kappa shape index (κ1) is 38.8. The summed E-state index contributed by atoms with van der Waals surface area (Å²) in [7, 11) is 0. The zero-order chi connectivity index (χ0) is 39.1. The van der Waals surface area contributed by atoms with Gasteiger partial charge in [0.1, 0.15) is 47.0 Å². The van der Waals surface area contributed by atoms with Crippen LogP contribution in [0.5, 0.6) is 11.5 Å². The second-order valence-electron chi connectivity index (χ2n) is 16.0. The van der Waals surface area contributed by atoms with Gasteiger partial charge in [0, 0.05) is 40.8 Å². The molecular formula is C39H50N6O8S. The van der Waals surface area contributed by atoms with Gasteiger partial charge in [-0.05, 0) is 70.4 Å². The van der Waals surface area contributed by atoms with Crippen LogP contribution in [0.25, 0.3) is 22.3 Å². The van der Waals surface area contributed by atoms with Crippen LogP contribution < -0.4 is 20.7 Å². The number of alkyl carbamates (subject to hydrolysis) is 1. The summed E-state index contributed by atoms with van der Waals surface area (Å²) in [5.41, 5.74) is -0.165. The lowest BCUT2D eigenvalue weighted by molar-refractivity contribution is -0.146. The SMILES string of the molecule is C=C[C@@H]1C[C@]1(NC(=O)[C@@H]1C[C@@H](Oc2cc(-c3csc(NC(C)C)n3)nc3c(C)c(O)ccc23)CN1C(=O)[C@@H](NC(=O)OC1CCCC1)C(C)(C)C)C(=O)O. The fraction of sp³-hybridized carbons (Fsp3) is 0.538. The molecule has 3 aliphatic rings.